The largest absolute Gasteiger partial charge is 0.466 e. The van der Waals surface area contributed by atoms with Crippen LogP contribution in [0, 0.1) is 0 Å². The quantitative estimate of drug-likeness (QED) is 0.686. The van der Waals surface area contributed by atoms with Crippen molar-refractivity contribution in [2.24, 2.45) is 0 Å². The minimum absolute atomic E-state index is 0.0199. The topological polar surface area (TPSA) is 64.3 Å². The van der Waals surface area contributed by atoms with Crippen molar-refractivity contribution in [3.05, 3.63) is 18.7 Å². The molecule has 14 heavy (non-hydrogen) atoms. The predicted octanol–water partition coefficient (Wildman–Crippen LogP) is 0.197. The third-order valence-electron chi connectivity index (χ3n) is 1.69. The molecule has 0 saturated carbocycles. The Bertz CT molecular complexity index is 272. The van der Waals surface area contributed by atoms with Gasteiger partial charge in [-0.15, -0.1) is 0 Å². The highest BCUT2D eigenvalue weighted by molar-refractivity contribution is 5.69. The first-order valence-corrected chi connectivity index (χ1v) is 4.51. The Morgan fingerprint density at radius 3 is 3.07 bits per heavy atom. The van der Waals surface area contributed by atoms with E-state index in [4.69, 9.17) is 4.74 Å². The summed E-state index contributed by atoms with van der Waals surface area (Å²) >= 11 is 0. The summed E-state index contributed by atoms with van der Waals surface area (Å²) in [5, 5.41) is 9.47. The standard InChI is InChI=1S/C9H14N2O3/c1-2-14-9(13)5-8(12)6-11-4-3-10-7-11/h3-4,7-8,12H,2,5-6H2,1H3. The maximum atomic E-state index is 11.0. The number of nitrogens with zero attached hydrogens (tertiary/aromatic N) is 2. The average Bonchev–Trinajstić information content (AvgIpc) is 2.56. The zero-order valence-corrected chi connectivity index (χ0v) is 8.09. The van der Waals surface area contributed by atoms with E-state index in [2.05, 4.69) is 4.98 Å². The van der Waals surface area contributed by atoms with Gasteiger partial charge in [-0.05, 0) is 6.92 Å². The summed E-state index contributed by atoms with van der Waals surface area (Å²) in [6.07, 6.45) is 4.24. The number of carbonyl (C=O) groups is 1. The molecule has 0 aliphatic carbocycles. The van der Waals surface area contributed by atoms with Gasteiger partial charge in [-0.1, -0.05) is 0 Å². The smallest absolute Gasteiger partial charge is 0.308 e. The second-order valence-corrected chi connectivity index (χ2v) is 2.92. The molecule has 1 aromatic heterocycles. The Hall–Kier alpha value is -1.36. The van der Waals surface area contributed by atoms with Crippen LogP contribution in [0.25, 0.3) is 0 Å². The lowest BCUT2D eigenvalue weighted by molar-refractivity contribution is -0.145. The Morgan fingerprint density at radius 2 is 2.50 bits per heavy atom. The van der Waals surface area contributed by atoms with Gasteiger partial charge in [0.05, 0.1) is 32.0 Å². The second-order valence-electron chi connectivity index (χ2n) is 2.92. The second kappa shape index (κ2) is 5.39. The monoisotopic (exact) mass is 198 g/mol. The summed E-state index contributed by atoms with van der Waals surface area (Å²) in [5.41, 5.74) is 0. The fourth-order valence-corrected chi connectivity index (χ4v) is 1.11. The van der Waals surface area contributed by atoms with Gasteiger partial charge >= 0.3 is 5.97 Å². The van der Waals surface area contributed by atoms with Gasteiger partial charge in [0.25, 0.3) is 0 Å². The zero-order chi connectivity index (χ0) is 10.4. The lowest BCUT2D eigenvalue weighted by Crippen LogP contribution is -2.20. The number of hydrogen-bond donors (Lipinski definition) is 1. The van der Waals surface area contributed by atoms with Crippen LogP contribution in [0.5, 0.6) is 0 Å². The molecule has 0 spiro atoms. The molecule has 1 N–H and O–H groups in total. The molecule has 0 amide bonds. The molecule has 5 nitrogen and oxygen atoms in total. The van der Waals surface area contributed by atoms with E-state index in [1.165, 1.54) is 0 Å². The van der Waals surface area contributed by atoms with Crippen LogP contribution in [0.3, 0.4) is 0 Å². The molecule has 0 bridgehead atoms. The van der Waals surface area contributed by atoms with Gasteiger partial charge in [0.1, 0.15) is 0 Å². The van der Waals surface area contributed by atoms with Gasteiger partial charge < -0.3 is 14.4 Å². The number of aromatic nitrogens is 2. The number of aliphatic hydroxyl groups is 1. The summed E-state index contributed by atoms with van der Waals surface area (Å²) in [6, 6.07) is 0. The zero-order valence-electron chi connectivity index (χ0n) is 8.09. The van der Waals surface area contributed by atoms with Crippen molar-refractivity contribution in [2.45, 2.75) is 26.0 Å². The fraction of sp³-hybridized carbons (Fsp3) is 0.556. The molecule has 1 aromatic rings. The van der Waals surface area contributed by atoms with Crippen LogP contribution in [0.2, 0.25) is 0 Å². The van der Waals surface area contributed by atoms with E-state index >= 15 is 0 Å². The van der Waals surface area contributed by atoms with Crippen LogP contribution in [0.1, 0.15) is 13.3 Å². The lowest BCUT2D eigenvalue weighted by atomic mass is 10.2. The van der Waals surface area contributed by atoms with Crippen molar-refractivity contribution < 1.29 is 14.6 Å². The van der Waals surface area contributed by atoms with E-state index in [9.17, 15) is 9.90 Å². The first-order valence-electron chi connectivity index (χ1n) is 4.51. The molecule has 5 heteroatoms. The normalized spacial score (nSPS) is 12.4. The maximum absolute atomic E-state index is 11.0. The number of aliphatic hydroxyl groups excluding tert-OH is 1. The van der Waals surface area contributed by atoms with Crippen molar-refractivity contribution in [3.63, 3.8) is 0 Å². The number of carbonyl (C=O) groups excluding carboxylic acids is 1. The maximum Gasteiger partial charge on any atom is 0.308 e. The minimum Gasteiger partial charge on any atom is -0.466 e. The molecule has 1 atom stereocenters. The number of imidazole rings is 1. The summed E-state index contributed by atoms with van der Waals surface area (Å²) < 4.78 is 6.42. The molecule has 0 saturated heterocycles. The number of rotatable bonds is 5. The fourth-order valence-electron chi connectivity index (χ4n) is 1.11. The number of hydrogen-bond acceptors (Lipinski definition) is 4. The van der Waals surface area contributed by atoms with Crippen LogP contribution in [0.4, 0.5) is 0 Å². The lowest BCUT2D eigenvalue weighted by Gasteiger charge is -2.09. The van der Waals surface area contributed by atoms with E-state index in [-0.39, 0.29) is 12.4 Å². The van der Waals surface area contributed by atoms with Crippen LogP contribution >= 0.6 is 0 Å². The van der Waals surface area contributed by atoms with E-state index in [1.54, 1.807) is 30.2 Å². The molecule has 78 valence electrons. The van der Waals surface area contributed by atoms with Crippen molar-refractivity contribution in [1.29, 1.82) is 0 Å². The molecule has 0 aliphatic heterocycles. The van der Waals surface area contributed by atoms with Gasteiger partial charge in [0.2, 0.25) is 0 Å². The third kappa shape index (κ3) is 3.57. The molecule has 0 fully saturated rings. The van der Waals surface area contributed by atoms with Crippen molar-refractivity contribution in [1.82, 2.24) is 9.55 Å². The van der Waals surface area contributed by atoms with E-state index < -0.39 is 6.10 Å². The van der Waals surface area contributed by atoms with Gasteiger partial charge in [-0.2, -0.15) is 0 Å². The summed E-state index contributed by atoms with van der Waals surface area (Å²) in [7, 11) is 0. The van der Waals surface area contributed by atoms with E-state index in [1.807, 2.05) is 0 Å². The van der Waals surface area contributed by atoms with Crippen LogP contribution in [0.15, 0.2) is 18.7 Å². The highest BCUT2D eigenvalue weighted by Crippen LogP contribution is 1.99. The molecule has 0 aromatic carbocycles. The third-order valence-corrected chi connectivity index (χ3v) is 1.69. The first-order chi connectivity index (χ1) is 6.72. The van der Waals surface area contributed by atoms with Gasteiger partial charge in [0.15, 0.2) is 0 Å². The molecule has 0 radical (unpaired) electrons. The van der Waals surface area contributed by atoms with Crippen molar-refractivity contribution in [3.8, 4) is 0 Å². The molecule has 1 heterocycles. The molecule has 1 unspecified atom stereocenters. The predicted molar refractivity (Wildman–Crippen MR) is 49.5 cm³/mol. The van der Waals surface area contributed by atoms with E-state index in [0.717, 1.165) is 0 Å². The highest BCUT2D eigenvalue weighted by atomic mass is 16.5. The Morgan fingerprint density at radius 1 is 1.71 bits per heavy atom. The van der Waals surface area contributed by atoms with Crippen LogP contribution in [-0.4, -0.2) is 33.3 Å². The minimum atomic E-state index is -0.719. The molecule has 0 aliphatic rings. The van der Waals surface area contributed by atoms with Crippen LogP contribution in [-0.2, 0) is 16.1 Å². The van der Waals surface area contributed by atoms with Gasteiger partial charge in [0, 0.05) is 12.4 Å². The molecular weight excluding hydrogens is 184 g/mol. The van der Waals surface area contributed by atoms with Crippen molar-refractivity contribution in [2.75, 3.05) is 6.61 Å². The SMILES string of the molecule is CCOC(=O)CC(O)Cn1ccnc1. The molecule has 1 rings (SSSR count). The molecular formula is C9H14N2O3. The number of esters is 1. The Kier molecular flexibility index (Phi) is 4.12. The van der Waals surface area contributed by atoms with Crippen LogP contribution < -0.4 is 0 Å². The van der Waals surface area contributed by atoms with Crippen molar-refractivity contribution >= 4 is 5.97 Å². The van der Waals surface area contributed by atoms with E-state index in [0.29, 0.717) is 13.2 Å². The Labute approximate surface area is 82.3 Å². The summed E-state index contributed by atoms with van der Waals surface area (Å²) in [4.78, 5) is 14.8. The van der Waals surface area contributed by atoms with Gasteiger partial charge in [-0.25, -0.2) is 4.98 Å². The summed E-state index contributed by atoms with van der Waals surface area (Å²) in [5.74, 6) is -0.375. The highest BCUT2D eigenvalue weighted by Gasteiger charge is 2.11. The van der Waals surface area contributed by atoms with Gasteiger partial charge in [-0.3, -0.25) is 4.79 Å². The first kappa shape index (κ1) is 10.7. The Balaban J connectivity index is 2.29. The number of ether oxygens (including phenoxy) is 1. The average molecular weight is 198 g/mol. The summed E-state index contributed by atoms with van der Waals surface area (Å²) in [6.45, 7) is 2.44.